The van der Waals surface area contributed by atoms with Gasteiger partial charge in [0.15, 0.2) is 0 Å². The van der Waals surface area contributed by atoms with E-state index in [1.54, 1.807) is 30.3 Å². The predicted octanol–water partition coefficient (Wildman–Crippen LogP) is 6.32. The maximum Gasteiger partial charge on any atom is 0.204 e. The molecule has 0 aliphatic carbocycles. The van der Waals surface area contributed by atoms with Crippen LogP contribution in [0.1, 0.15) is 58.3 Å². The smallest absolute Gasteiger partial charge is 0.204 e. The highest BCUT2D eigenvalue weighted by Crippen LogP contribution is 2.36. The second-order valence-corrected chi connectivity index (χ2v) is 10.2. The summed E-state index contributed by atoms with van der Waals surface area (Å²) in [6.45, 7) is 7.31. The van der Waals surface area contributed by atoms with Gasteiger partial charge in [0.2, 0.25) is 11.2 Å². The first kappa shape index (κ1) is 25.4. The first-order valence-electron chi connectivity index (χ1n) is 12.5. The van der Waals surface area contributed by atoms with Crippen LogP contribution in [0.15, 0.2) is 80.9 Å². The fourth-order valence-electron chi connectivity index (χ4n) is 4.98. The Morgan fingerprint density at radius 2 is 1.87 bits per heavy atom. The number of hydrogen-bond donors (Lipinski definition) is 0. The highest BCUT2D eigenvalue weighted by Gasteiger charge is 2.36. The zero-order chi connectivity index (χ0) is 27.0. The van der Waals surface area contributed by atoms with Crippen molar-refractivity contribution in [2.45, 2.75) is 26.8 Å². The molecule has 0 radical (unpaired) electrons. The highest BCUT2D eigenvalue weighted by atomic mass is 35.5. The molecule has 0 saturated heterocycles. The van der Waals surface area contributed by atoms with Crippen LogP contribution in [-0.2, 0) is 0 Å². The predicted molar refractivity (Wildman–Crippen MR) is 149 cm³/mol. The molecule has 0 bridgehead atoms. The molecular weight excluding hydrogens is 498 g/mol. The van der Waals surface area contributed by atoms with Crippen molar-refractivity contribution in [3.05, 3.63) is 116 Å². The quantitative estimate of drug-likeness (QED) is 0.276. The van der Waals surface area contributed by atoms with Crippen LogP contribution < -0.4 is 5.43 Å². The summed E-state index contributed by atoms with van der Waals surface area (Å²) in [5.74, 6) is 0.557. The lowest BCUT2D eigenvalue weighted by molar-refractivity contribution is 0.103. The van der Waals surface area contributed by atoms with E-state index in [1.165, 1.54) is 12.1 Å². The third-order valence-corrected chi connectivity index (χ3v) is 7.02. The van der Waals surface area contributed by atoms with E-state index in [2.05, 4.69) is 11.0 Å². The lowest BCUT2D eigenvalue weighted by Gasteiger charge is -2.33. The van der Waals surface area contributed by atoms with E-state index in [0.29, 0.717) is 29.3 Å². The van der Waals surface area contributed by atoms with Gasteiger partial charge in [-0.15, -0.1) is 0 Å². The lowest BCUT2D eigenvalue weighted by Crippen LogP contribution is -2.37. The van der Waals surface area contributed by atoms with Gasteiger partial charge >= 0.3 is 0 Å². The molecule has 1 atom stereocenters. The minimum absolute atomic E-state index is 0.0337. The average molecular weight is 524 g/mol. The van der Waals surface area contributed by atoms with Crippen molar-refractivity contribution in [2.24, 2.45) is 10.9 Å². The molecule has 0 amide bonds. The van der Waals surface area contributed by atoms with Gasteiger partial charge in [0, 0.05) is 22.7 Å². The van der Waals surface area contributed by atoms with Crippen LogP contribution in [-0.4, -0.2) is 29.6 Å². The van der Waals surface area contributed by atoms with E-state index in [9.17, 15) is 14.9 Å². The number of fused-ring (bicyclic) bond motifs is 1. The zero-order valence-electron chi connectivity index (χ0n) is 21.4. The van der Waals surface area contributed by atoms with Gasteiger partial charge in [0.25, 0.3) is 0 Å². The van der Waals surface area contributed by atoms with Crippen LogP contribution in [0.3, 0.4) is 0 Å². The number of ketones is 1. The number of nitriles is 1. The monoisotopic (exact) mass is 523 g/mol. The summed E-state index contributed by atoms with van der Waals surface area (Å²) in [7, 11) is 0. The third-order valence-electron chi connectivity index (χ3n) is 6.78. The van der Waals surface area contributed by atoms with E-state index in [0.717, 1.165) is 17.0 Å². The molecular formula is C31H26ClN3O3. The number of carbonyl (C=O) groups excluding carboxylic acids is 1. The summed E-state index contributed by atoms with van der Waals surface area (Å²) in [4.78, 5) is 34.8. The lowest BCUT2D eigenvalue weighted by atomic mass is 9.91. The van der Waals surface area contributed by atoms with Gasteiger partial charge in [-0.3, -0.25) is 14.6 Å². The SMILES string of the molecule is Cc1ccc(C2=NCCN2C(c2oc3ccc(Cl)cc3c(=O)c2C(=O)c2cccc(C#N)c2)C(C)C)cc1. The Hall–Kier alpha value is -4.21. The van der Waals surface area contributed by atoms with Crippen LogP contribution in [0.2, 0.25) is 5.02 Å². The second kappa shape index (κ2) is 10.3. The Labute approximate surface area is 225 Å². The summed E-state index contributed by atoms with van der Waals surface area (Å²) < 4.78 is 6.43. The number of carbonyl (C=O) groups is 1. The molecule has 5 rings (SSSR count). The van der Waals surface area contributed by atoms with E-state index in [1.807, 2.05) is 45.0 Å². The van der Waals surface area contributed by atoms with Gasteiger partial charge in [-0.05, 0) is 43.2 Å². The number of nitrogens with zero attached hydrogens (tertiary/aromatic N) is 3. The number of aryl methyl sites for hydroxylation is 1. The van der Waals surface area contributed by atoms with E-state index in [4.69, 9.17) is 21.0 Å². The topological polar surface area (TPSA) is 86.7 Å². The molecule has 0 N–H and O–H groups in total. The molecule has 7 heteroatoms. The average Bonchev–Trinajstić information content (AvgIpc) is 3.38. The normalized spacial score (nSPS) is 14.0. The van der Waals surface area contributed by atoms with Crippen molar-refractivity contribution < 1.29 is 9.21 Å². The number of halogens is 1. The number of rotatable bonds is 6. The van der Waals surface area contributed by atoms with E-state index in [-0.39, 0.29) is 28.2 Å². The van der Waals surface area contributed by atoms with Gasteiger partial charge in [-0.25, -0.2) is 0 Å². The Morgan fingerprint density at radius 1 is 1.11 bits per heavy atom. The summed E-state index contributed by atoms with van der Waals surface area (Å²) >= 11 is 6.21. The number of benzene rings is 3. The minimum Gasteiger partial charge on any atom is -0.458 e. The molecule has 6 nitrogen and oxygen atoms in total. The van der Waals surface area contributed by atoms with Gasteiger partial charge in [0.1, 0.15) is 22.7 Å². The third kappa shape index (κ3) is 4.62. The highest BCUT2D eigenvalue weighted by molar-refractivity contribution is 6.31. The summed E-state index contributed by atoms with van der Waals surface area (Å²) in [5, 5.41) is 9.98. The Balaban J connectivity index is 1.74. The van der Waals surface area contributed by atoms with Crippen molar-refractivity contribution >= 4 is 34.2 Å². The molecule has 1 aliphatic rings. The van der Waals surface area contributed by atoms with Crippen LogP contribution in [0.5, 0.6) is 0 Å². The van der Waals surface area contributed by atoms with Gasteiger partial charge in [-0.2, -0.15) is 5.26 Å². The molecule has 1 aliphatic heterocycles. The summed E-state index contributed by atoms with van der Waals surface area (Å²) in [5.41, 5.74) is 2.54. The minimum atomic E-state index is -0.494. The first-order chi connectivity index (χ1) is 18.3. The van der Waals surface area contributed by atoms with Crippen molar-refractivity contribution in [3.8, 4) is 6.07 Å². The van der Waals surface area contributed by atoms with Crippen LogP contribution >= 0.6 is 11.6 Å². The molecule has 0 spiro atoms. The van der Waals surface area contributed by atoms with Gasteiger partial charge in [0.05, 0.1) is 29.6 Å². The molecule has 1 unspecified atom stereocenters. The van der Waals surface area contributed by atoms with Crippen LogP contribution in [0, 0.1) is 24.2 Å². The maximum absolute atomic E-state index is 14.0. The van der Waals surface area contributed by atoms with Gasteiger partial charge in [-0.1, -0.05) is 67.4 Å². The fraction of sp³-hybridized carbons (Fsp3) is 0.226. The molecule has 1 aromatic heterocycles. The van der Waals surface area contributed by atoms with Gasteiger partial charge < -0.3 is 9.32 Å². The molecule has 0 saturated carbocycles. The number of aliphatic imine (C=N–C) groups is 1. The largest absolute Gasteiger partial charge is 0.458 e. The molecule has 2 heterocycles. The summed E-state index contributed by atoms with van der Waals surface area (Å²) in [6.07, 6.45) is 0. The fourth-order valence-corrected chi connectivity index (χ4v) is 5.15. The Kier molecular flexibility index (Phi) is 6.88. The van der Waals surface area contributed by atoms with Crippen molar-refractivity contribution in [2.75, 3.05) is 13.1 Å². The zero-order valence-corrected chi connectivity index (χ0v) is 22.1. The van der Waals surface area contributed by atoms with Crippen LogP contribution in [0.25, 0.3) is 11.0 Å². The Morgan fingerprint density at radius 3 is 2.58 bits per heavy atom. The number of amidine groups is 1. The van der Waals surface area contributed by atoms with Crippen molar-refractivity contribution in [1.29, 1.82) is 5.26 Å². The van der Waals surface area contributed by atoms with Crippen molar-refractivity contribution in [1.82, 2.24) is 4.90 Å². The van der Waals surface area contributed by atoms with E-state index >= 15 is 0 Å². The summed E-state index contributed by atoms with van der Waals surface area (Å²) in [6, 6.07) is 20.9. The Bertz CT molecular complexity index is 1680. The van der Waals surface area contributed by atoms with E-state index < -0.39 is 17.3 Å². The molecule has 3 aromatic carbocycles. The standard InChI is InChI=1S/C31H26ClN3O3/c1-18(2)27(35-14-13-34-31(35)21-9-7-19(3)8-10-21)30-26(28(36)22-6-4-5-20(15-22)17-33)29(37)24-16-23(32)11-12-25(24)38-30/h4-12,15-16,18,27H,13-14H2,1-3H3. The molecule has 0 fully saturated rings. The second-order valence-electron chi connectivity index (χ2n) is 9.79. The molecule has 38 heavy (non-hydrogen) atoms. The number of hydrogen-bond acceptors (Lipinski definition) is 6. The molecule has 190 valence electrons. The van der Waals surface area contributed by atoms with Crippen LogP contribution in [0.4, 0.5) is 0 Å². The first-order valence-corrected chi connectivity index (χ1v) is 12.9. The maximum atomic E-state index is 14.0. The van der Waals surface area contributed by atoms with Crippen molar-refractivity contribution in [3.63, 3.8) is 0 Å². The molecule has 4 aromatic rings.